The Bertz CT molecular complexity index is 1570. The summed E-state index contributed by atoms with van der Waals surface area (Å²) in [5.41, 5.74) is 8.51. The van der Waals surface area contributed by atoms with Crippen molar-refractivity contribution in [3.63, 3.8) is 0 Å². The molecular weight excluding hydrogens is 462 g/mol. The van der Waals surface area contributed by atoms with Crippen LogP contribution in [0.3, 0.4) is 0 Å². The van der Waals surface area contributed by atoms with E-state index < -0.39 is 0 Å². The number of benzene rings is 3. The number of nitrogens with zero attached hydrogens (tertiary/aromatic N) is 1. The van der Waals surface area contributed by atoms with Crippen LogP contribution in [0.15, 0.2) is 42.6 Å². The first kappa shape index (κ1) is 26.7. The van der Waals surface area contributed by atoms with Gasteiger partial charge in [-0.15, -0.1) is 0 Å². The average Bonchev–Trinajstić information content (AvgIpc) is 2.75. The molecule has 0 N–H and O–H groups in total. The lowest BCUT2D eigenvalue weighted by Crippen LogP contribution is -2.32. The second kappa shape index (κ2) is 8.83. The molecule has 1 aliphatic heterocycles. The molecule has 0 amide bonds. The number of aryl methyl sites for hydroxylation is 2. The van der Waals surface area contributed by atoms with Gasteiger partial charge in [0, 0.05) is 11.6 Å². The van der Waals surface area contributed by atoms with Crippen LogP contribution < -0.4 is 9.30 Å². The molecule has 0 spiro atoms. The fourth-order valence-corrected chi connectivity index (χ4v) is 6.30. The summed E-state index contributed by atoms with van der Waals surface area (Å²) in [5, 5.41) is 5.19. The standard InChI is InChI=1S/C36H46NO/c1-22-27-17-23(19-34(2,3)4)12-13-26(27)28(21-36(8,9)10)33-30(22)32-31-25(14-15-37(32)11)16-24(18-29(31)38-33)20-35(5,6)7/h12-18H,19-21H2,1-11H3/q+1. The van der Waals surface area contributed by atoms with Crippen LogP contribution in [0.25, 0.3) is 32.8 Å². The summed E-state index contributed by atoms with van der Waals surface area (Å²) in [7, 11) is 2.18. The van der Waals surface area contributed by atoms with Crippen molar-refractivity contribution in [2.75, 3.05) is 0 Å². The fourth-order valence-electron chi connectivity index (χ4n) is 6.30. The van der Waals surface area contributed by atoms with E-state index in [-0.39, 0.29) is 16.2 Å². The molecule has 1 aliphatic rings. The number of fused-ring (bicyclic) bond motifs is 3. The Labute approximate surface area is 230 Å². The summed E-state index contributed by atoms with van der Waals surface area (Å²) in [6.07, 6.45) is 5.26. The third kappa shape index (κ3) is 5.07. The van der Waals surface area contributed by atoms with Crippen LogP contribution in [-0.4, -0.2) is 0 Å². The number of hydrogen-bond donors (Lipinski definition) is 0. The molecule has 0 bridgehead atoms. The maximum atomic E-state index is 7.02. The molecule has 2 nitrogen and oxygen atoms in total. The predicted octanol–water partition coefficient (Wildman–Crippen LogP) is 9.66. The number of rotatable bonds is 3. The van der Waals surface area contributed by atoms with Gasteiger partial charge in [0.1, 0.15) is 18.5 Å². The van der Waals surface area contributed by atoms with Crippen molar-refractivity contribution < 1.29 is 9.30 Å². The van der Waals surface area contributed by atoms with E-state index >= 15 is 0 Å². The fraction of sp³-hybridized carbons (Fsp3) is 0.472. The van der Waals surface area contributed by atoms with Gasteiger partial charge in [0.2, 0.25) is 5.69 Å². The zero-order valence-electron chi connectivity index (χ0n) is 25.5. The van der Waals surface area contributed by atoms with Gasteiger partial charge in [-0.3, -0.25) is 0 Å². The molecule has 1 aromatic heterocycles. The van der Waals surface area contributed by atoms with Gasteiger partial charge in [-0.05, 0) is 81.3 Å². The normalized spacial score (nSPS) is 13.7. The van der Waals surface area contributed by atoms with Crippen molar-refractivity contribution in [2.45, 2.75) is 88.5 Å². The van der Waals surface area contributed by atoms with Gasteiger partial charge in [0.05, 0.1) is 10.9 Å². The molecule has 0 saturated carbocycles. The second-order valence-corrected chi connectivity index (χ2v) is 15.3. The van der Waals surface area contributed by atoms with Gasteiger partial charge in [-0.2, -0.15) is 0 Å². The van der Waals surface area contributed by atoms with Gasteiger partial charge in [0.15, 0.2) is 6.20 Å². The predicted molar refractivity (Wildman–Crippen MR) is 162 cm³/mol. The Morgan fingerprint density at radius 3 is 1.97 bits per heavy atom. The quantitative estimate of drug-likeness (QED) is 0.221. The topological polar surface area (TPSA) is 13.1 Å². The highest BCUT2D eigenvalue weighted by Crippen LogP contribution is 2.52. The summed E-state index contributed by atoms with van der Waals surface area (Å²) >= 11 is 0. The van der Waals surface area contributed by atoms with Crippen molar-refractivity contribution in [1.29, 1.82) is 0 Å². The van der Waals surface area contributed by atoms with Crippen molar-refractivity contribution in [2.24, 2.45) is 23.3 Å². The molecule has 2 heteroatoms. The summed E-state index contributed by atoms with van der Waals surface area (Å²) in [4.78, 5) is 0. The van der Waals surface area contributed by atoms with Crippen molar-refractivity contribution in [3.05, 3.63) is 64.8 Å². The van der Waals surface area contributed by atoms with Crippen LogP contribution in [0.5, 0.6) is 11.5 Å². The van der Waals surface area contributed by atoms with Crippen LogP contribution in [0.2, 0.25) is 0 Å². The Hall–Kier alpha value is -2.87. The Morgan fingerprint density at radius 1 is 0.711 bits per heavy atom. The summed E-state index contributed by atoms with van der Waals surface area (Å²) in [5.74, 6) is 2.05. The van der Waals surface area contributed by atoms with E-state index in [0.29, 0.717) is 0 Å². The number of ether oxygens (including phenoxy) is 1. The smallest absolute Gasteiger partial charge is 0.228 e. The Balaban J connectivity index is 1.86. The van der Waals surface area contributed by atoms with E-state index in [9.17, 15) is 0 Å². The average molecular weight is 509 g/mol. The highest BCUT2D eigenvalue weighted by Gasteiger charge is 2.34. The van der Waals surface area contributed by atoms with E-state index in [2.05, 4.69) is 123 Å². The third-order valence-corrected chi connectivity index (χ3v) is 7.57. The summed E-state index contributed by atoms with van der Waals surface area (Å²) in [6.45, 7) is 23.2. The van der Waals surface area contributed by atoms with Gasteiger partial charge in [-0.1, -0.05) is 86.6 Å². The summed E-state index contributed by atoms with van der Waals surface area (Å²) in [6, 6.07) is 14.1. The summed E-state index contributed by atoms with van der Waals surface area (Å²) < 4.78 is 9.32. The molecular formula is C36H46NO+. The van der Waals surface area contributed by atoms with Gasteiger partial charge in [0.25, 0.3) is 0 Å². The second-order valence-electron chi connectivity index (χ2n) is 15.3. The lowest BCUT2D eigenvalue weighted by atomic mass is 9.80. The molecule has 4 aromatic rings. The molecule has 2 heterocycles. The van der Waals surface area contributed by atoms with Crippen LogP contribution in [0.1, 0.15) is 84.6 Å². The molecule has 3 aromatic carbocycles. The SMILES string of the molecule is Cc1c2c(c(CC(C)(C)C)c3ccc(CC(C)(C)C)cc13)Oc1cc(CC(C)(C)C)cc3cc[n+](C)c-2c13. The van der Waals surface area contributed by atoms with Gasteiger partial charge < -0.3 is 4.74 Å². The molecule has 5 rings (SSSR count). The third-order valence-electron chi connectivity index (χ3n) is 7.57. The highest BCUT2D eigenvalue weighted by molar-refractivity contribution is 6.06. The number of aromatic nitrogens is 1. The lowest BCUT2D eigenvalue weighted by Gasteiger charge is -2.29. The van der Waals surface area contributed by atoms with Crippen LogP contribution in [0, 0.1) is 23.2 Å². The van der Waals surface area contributed by atoms with E-state index in [1.807, 2.05) is 0 Å². The first-order chi connectivity index (χ1) is 17.5. The number of pyridine rings is 1. The van der Waals surface area contributed by atoms with E-state index in [1.54, 1.807) is 0 Å². The highest BCUT2D eigenvalue weighted by atomic mass is 16.5. The Morgan fingerprint density at radius 2 is 1.34 bits per heavy atom. The molecule has 0 radical (unpaired) electrons. The number of hydrogen-bond acceptors (Lipinski definition) is 1. The molecule has 0 fully saturated rings. The monoisotopic (exact) mass is 508 g/mol. The zero-order chi connectivity index (χ0) is 27.8. The van der Waals surface area contributed by atoms with Crippen molar-refractivity contribution >= 4 is 21.5 Å². The molecule has 0 aliphatic carbocycles. The molecule has 38 heavy (non-hydrogen) atoms. The molecule has 0 atom stereocenters. The van der Waals surface area contributed by atoms with E-state index in [0.717, 1.165) is 30.8 Å². The van der Waals surface area contributed by atoms with Gasteiger partial charge in [-0.25, -0.2) is 4.57 Å². The van der Waals surface area contributed by atoms with Crippen molar-refractivity contribution in [1.82, 2.24) is 0 Å². The van der Waals surface area contributed by atoms with Crippen LogP contribution >= 0.6 is 0 Å². The maximum absolute atomic E-state index is 7.02. The lowest BCUT2D eigenvalue weighted by molar-refractivity contribution is -0.659. The van der Waals surface area contributed by atoms with Crippen LogP contribution in [0.4, 0.5) is 0 Å². The minimum Gasteiger partial charge on any atom is -0.455 e. The van der Waals surface area contributed by atoms with Crippen LogP contribution in [-0.2, 0) is 26.3 Å². The molecule has 200 valence electrons. The Kier molecular flexibility index (Phi) is 6.21. The van der Waals surface area contributed by atoms with Gasteiger partial charge >= 0.3 is 0 Å². The molecule has 0 unspecified atom stereocenters. The molecule has 0 saturated heterocycles. The van der Waals surface area contributed by atoms with Crippen molar-refractivity contribution in [3.8, 4) is 22.8 Å². The maximum Gasteiger partial charge on any atom is 0.228 e. The van der Waals surface area contributed by atoms with E-state index in [1.165, 1.54) is 55.1 Å². The minimum atomic E-state index is 0.131. The minimum absolute atomic E-state index is 0.131. The largest absolute Gasteiger partial charge is 0.455 e. The van der Waals surface area contributed by atoms with E-state index in [4.69, 9.17) is 4.74 Å². The zero-order valence-corrected chi connectivity index (χ0v) is 25.5. The first-order valence-corrected chi connectivity index (χ1v) is 14.2. The first-order valence-electron chi connectivity index (χ1n) is 14.2.